The van der Waals surface area contributed by atoms with Crippen molar-refractivity contribution in [1.29, 1.82) is 0 Å². The Morgan fingerprint density at radius 3 is 2.45 bits per heavy atom. The van der Waals surface area contributed by atoms with E-state index in [1.54, 1.807) is 6.07 Å². The van der Waals surface area contributed by atoms with Gasteiger partial charge in [0.15, 0.2) is 0 Å². The molecule has 3 heterocycles. The number of nitrogens with two attached hydrogens (primary N) is 1. The van der Waals surface area contributed by atoms with Crippen LogP contribution in [-0.2, 0) is 0 Å². The predicted octanol–water partition coefficient (Wildman–Crippen LogP) is 3.59. The maximum atomic E-state index is 11.7. The maximum Gasteiger partial charge on any atom is 0.267 e. The molecule has 0 bridgehead atoms. The molecule has 152 valence electrons. The number of carbonyl (C=O) groups is 1. The van der Waals surface area contributed by atoms with Crippen LogP contribution < -0.4 is 10.6 Å². The van der Waals surface area contributed by atoms with Crippen molar-refractivity contribution < 1.29 is 4.79 Å². The van der Waals surface area contributed by atoms with Crippen LogP contribution in [0, 0.1) is 6.92 Å². The number of piperazine rings is 1. The van der Waals surface area contributed by atoms with Crippen LogP contribution in [0.15, 0.2) is 36.4 Å². The zero-order valence-corrected chi connectivity index (χ0v) is 17.8. The molecule has 1 saturated heterocycles. The van der Waals surface area contributed by atoms with Crippen LogP contribution in [0.25, 0.3) is 16.8 Å². The van der Waals surface area contributed by atoms with Crippen LogP contribution in [-0.4, -0.2) is 52.6 Å². The van der Waals surface area contributed by atoms with E-state index in [-0.39, 0.29) is 5.69 Å². The second-order valence-electron chi connectivity index (χ2n) is 7.87. The minimum atomic E-state index is -0.552. The first-order chi connectivity index (χ1) is 13.8. The van der Waals surface area contributed by atoms with Gasteiger partial charge >= 0.3 is 0 Å². The number of halogens is 1. The molecule has 0 unspecified atom stereocenters. The molecule has 1 aliphatic rings. The van der Waals surface area contributed by atoms with Crippen LogP contribution in [0.4, 0.5) is 5.69 Å². The van der Waals surface area contributed by atoms with E-state index in [1.165, 1.54) is 10.2 Å². The van der Waals surface area contributed by atoms with Crippen molar-refractivity contribution in [2.24, 2.45) is 5.73 Å². The summed E-state index contributed by atoms with van der Waals surface area (Å²) >= 11 is 6.21. The lowest BCUT2D eigenvalue weighted by atomic mass is 10.0. The van der Waals surface area contributed by atoms with Crippen molar-refractivity contribution in [2.75, 3.05) is 31.1 Å². The number of carbonyl (C=O) groups excluding carboxylic acids is 1. The smallest absolute Gasteiger partial charge is 0.267 e. The van der Waals surface area contributed by atoms with Crippen LogP contribution in [0.1, 0.15) is 29.9 Å². The number of primary amides is 1. The van der Waals surface area contributed by atoms with E-state index in [4.69, 9.17) is 17.3 Å². The first-order valence-corrected chi connectivity index (χ1v) is 10.3. The predicted molar refractivity (Wildman–Crippen MR) is 118 cm³/mol. The first kappa shape index (κ1) is 19.7. The Bertz CT molecular complexity index is 1070. The molecule has 1 amide bonds. The molecule has 1 aliphatic heterocycles. The fourth-order valence-corrected chi connectivity index (χ4v) is 4.24. The van der Waals surface area contributed by atoms with Gasteiger partial charge in [-0.05, 0) is 56.7 Å². The average molecular weight is 412 g/mol. The number of benzene rings is 1. The van der Waals surface area contributed by atoms with Gasteiger partial charge in [0, 0.05) is 43.5 Å². The van der Waals surface area contributed by atoms with Crippen LogP contribution in [0.3, 0.4) is 0 Å². The highest BCUT2D eigenvalue weighted by molar-refractivity contribution is 6.34. The molecule has 0 atom stereocenters. The van der Waals surface area contributed by atoms with Gasteiger partial charge in [-0.15, -0.1) is 0 Å². The molecule has 1 aromatic carbocycles. The summed E-state index contributed by atoms with van der Waals surface area (Å²) < 4.78 is 1.53. The lowest BCUT2D eigenvalue weighted by Crippen LogP contribution is -2.48. The minimum Gasteiger partial charge on any atom is -0.369 e. The standard InChI is InChI=1S/C22H26ClN5O/c1-14(2)26-8-10-27(11-9-26)16-4-5-17(15(3)12-16)19-6-7-20-18(23)13-21(22(24)29)28(20)25-19/h4-7,12-14H,8-11H2,1-3H3,(H2,24,29). The summed E-state index contributed by atoms with van der Waals surface area (Å²) in [5, 5.41) is 5.09. The zero-order valence-electron chi connectivity index (χ0n) is 17.0. The molecule has 2 N–H and O–H groups in total. The Balaban J connectivity index is 1.63. The zero-order chi connectivity index (χ0) is 20.7. The normalized spacial score (nSPS) is 15.4. The van der Waals surface area contributed by atoms with E-state index >= 15 is 0 Å². The van der Waals surface area contributed by atoms with Crippen LogP contribution in [0.2, 0.25) is 5.02 Å². The van der Waals surface area contributed by atoms with Crippen molar-refractivity contribution in [3.63, 3.8) is 0 Å². The van der Waals surface area contributed by atoms with Crippen molar-refractivity contribution >= 4 is 28.7 Å². The summed E-state index contributed by atoms with van der Waals surface area (Å²) in [7, 11) is 0. The number of aryl methyl sites for hydroxylation is 1. The third-order valence-electron chi connectivity index (χ3n) is 5.72. The van der Waals surface area contributed by atoms with Gasteiger partial charge in [0.05, 0.1) is 16.2 Å². The van der Waals surface area contributed by atoms with Gasteiger partial charge in [0.1, 0.15) is 5.69 Å². The molecule has 0 radical (unpaired) electrons. The van der Waals surface area contributed by atoms with Crippen molar-refractivity contribution in [2.45, 2.75) is 26.8 Å². The number of rotatable bonds is 4. The summed E-state index contributed by atoms with van der Waals surface area (Å²) in [6.45, 7) is 10.8. The van der Waals surface area contributed by atoms with Gasteiger partial charge in [-0.2, -0.15) is 5.10 Å². The summed E-state index contributed by atoms with van der Waals surface area (Å²) in [6.07, 6.45) is 0. The van der Waals surface area contributed by atoms with E-state index in [2.05, 4.69) is 53.9 Å². The van der Waals surface area contributed by atoms with Crippen LogP contribution in [0.5, 0.6) is 0 Å². The maximum absolute atomic E-state index is 11.7. The Morgan fingerprint density at radius 1 is 1.10 bits per heavy atom. The highest BCUT2D eigenvalue weighted by Crippen LogP contribution is 2.29. The topological polar surface area (TPSA) is 66.9 Å². The number of nitrogens with zero attached hydrogens (tertiary/aromatic N) is 4. The molecular weight excluding hydrogens is 386 g/mol. The largest absolute Gasteiger partial charge is 0.369 e. The Kier molecular flexibility index (Phi) is 5.23. The summed E-state index contributed by atoms with van der Waals surface area (Å²) in [5.74, 6) is -0.552. The molecule has 3 aromatic rings. The molecule has 0 spiro atoms. The lowest BCUT2D eigenvalue weighted by Gasteiger charge is -2.38. The molecule has 29 heavy (non-hydrogen) atoms. The number of fused-ring (bicyclic) bond motifs is 1. The number of anilines is 1. The molecule has 6 nitrogen and oxygen atoms in total. The first-order valence-electron chi connectivity index (χ1n) is 9.93. The Hall–Kier alpha value is -2.57. The number of amides is 1. The number of aromatic nitrogens is 2. The minimum absolute atomic E-state index is 0.282. The van der Waals surface area contributed by atoms with Gasteiger partial charge in [0.25, 0.3) is 5.91 Å². The molecule has 4 rings (SSSR count). The van der Waals surface area contributed by atoms with Gasteiger partial charge in [-0.1, -0.05) is 17.7 Å². The quantitative estimate of drug-likeness (QED) is 0.712. The number of hydrogen-bond acceptors (Lipinski definition) is 4. The number of hydrogen-bond donors (Lipinski definition) is 1. The summed E-state index contributed by atoms with van der Waals surface area (Å²) in [4.78, 5) is 16.7. The van der Waals surface area contributed by atoms with Crippen molar-refractivity contribution in [3.05, 3.63) is 52.7 Å². The molecule has 0 saturated carbocycles. The fourth-order valence-electron chi connectivity index (χ4n) is 3.99. The van der Waals surface area contributed by atoms with E-state index in [0.29, 0.717) is 16.6 Å². The van der Waals surface area contributed by atoms with E-state index in [1.807, 2.05) is 12.1 Å². The van der Waals surface area contributed by atoms with Gasteiger partial charge in [-0.3, -0.25) is 9.69 Å². The second kappa shape index (κ2) is 7.69. The Labute approximate surface area is 175 Å². The summed E-state index contributed by atoms with van der Waals surface area (Å²) in [6, 6.07) is 12.4. The molecule has 7 heteroatoms. The molecule has 2 aromatic heterocycles. The lowest BCUT2D eigenvalue weighted by molar-refractivity contribution is 0.0994. The third kappa shape index (κ3) is 3.70. The third-order valence-corrected chi connectivity index (χ3v) is 6.02. The highest BCUT2D eigenvalue weighted by atomic mass is 35.5. The SMILES string of the molecule is Cc1cc(N2CCN(C(C)C)CC2)ccc1-c1ccc2c(Cl)cc(C(N)=O)n2n1. The molecule has 0 aliphatic carbocycles. The average Bonchev–Trinajstić information content (AvgIpc) is 3.04. The van der Waals surface area contributed by atoms with E-state index in [9.17, 15) is 4.79 Å². The van der Waals surface area contributed by atoms with Crippen LogP contribution >= 0.6 is 11.6 Å². The van der Waals surface area contributed by atoms with Gasteiger partial charge in [-0.25, -0.2) is 4.52 Å². The summed E-state index contributed by atoms with van der Waals surface area (Å²) in [5.41, 5.74) is 10.6. The molecular formula is C22H26ClN5O. The molecule has 1 fully saturated rings. The second-order valence-corrected chi connectivity index (χ2v) is 8.28. The van der Waals surface area contributed by atoms with Crippen molar-refractivity contribution in [1.82, 2.24) is 14.5 Å². The fraction of sp³-hybridized carbons (Fsp3) is 0.364. The Morgan fingerprint density at radius 2 is 1.83 bits per heavy atom. The van der Waals surface area contributed by atoms with Gasteiger partial charge < -0.3 is 10.6 Å². The highest BCUT2D eigenvalue weighted by Gasteiger charge is 2.20. The van der Waals surface area contributed by atoms with Gasteiger partial charge in [0.2, 0.25) is 0 Å². The van der Waals surface area contributed by atoms with Crippen molar-refractivity contribution in [3.8, 4) is 11.3 Å². The monoisotopic (exact) mass is 411 g/mol. The van der Waals surface area contributed by atoms with E-state index in [0.717, 1.165) is 43.0 Å². The van der Waals surface area contributed by atoms with E-state index < -0.39 is 5.91 Å².